The van der Waals surface area contributed by atoms with E-state index in [9.17, 15) is 5.11 Å². The molecule has 1 N–H and O–H groups in total. The van der Waals surface area contributed by atoms with Crippen molar-refractivity contribution in [1.82, 2.24) is 0 Å². The molecule has 0 fully saturated rings. The van der Waals surface area contributed by atoms with Crippen molar-refractivity contribution in [3.8, 4) is 5.75 Å². The molecule has 0 bridgehead atoms. The normalized spacial score (nSPS) is 12.4. The van der Waals surface area contributed by atoms with Crippen LogP contribution in [0.1, 0.15) is 69.4 Å². The van der Waals surface area contributed by atoms with E-state index in [0.717, 1.165) is 22.3 Å². The van der Waals surface area contributed by atoms with Gasteiger partial charge in [-0.25, -0.2) is 9.78 Å². The van der Waals surface area contributed by atoms with Gasteiger partial charge in [-0.2, -0.15) is 0 Å². The third-order valence-corrected chi connectivity index (χ3v) is 4.44. The summed E-state index contributed by atoms with van der Waals surface area (Å²) in [6.07, 6.45) is 0. The molecule has 2 rings (SSSR count). The van der Waals surface area contributed by atoms with Crippen LogP contribution in [0.2, 0.25) is 0 Å². The lowest BCUT2D eigenvalue weighted by molar-refractivity contribution is -0.313. The van der Waals surface area contributed by atoms with Crippen molar-refractivity contribution in [2.75, 3.05) is 0 Å². The monoisotopic (exact) mass is 356 g/mol. The Bertz CT molecular complexity index is 697. The standard InChI is InChI=1S/C23H32O3/c1-16-8-10-17(11-9-16)14-25-26-15-18-12-19(22(2,3)4)21(24)20(13-18)23(5,6)7/h8-13,24H,14-15H2,1-7H3. The minimum Gasteiger partial charge on any atom is -0.507 e. The molecule has 0 saturated carbocycles. The average molecular weight is 357 g/mol. The second kappa shape index (κ2) is 7.81. The fourth-order valence-corrected chi connectivity index (χ4v) is 2.82. The Morgan fingerprint density at radius 1 is 0.731 bits per heavy atom. The molecule has 0 aliphatic rings. The number of phenolic OH excluding ortho intramolecular Hbond substituents is 1. The van der Waals surface area contributed by atoms with Crippen LogP contribution in [-0.4, -0.2) is 5.11 Å². The predicted octanol–water partition coefficient (Wildman–Crippen LogP) is 5.94. The van der Waals surface area contributed by atoms with Gasteiger partial charge in [0.15, 0.2) is 0 Å². The zero-order chi connectivity index (χ0) is 19.5. The quantitative estimate of drug-likeness (QED) is 0.409. The van der Waals surface area contributed by atoms with E-state index in [-0.39, 0.29) is 10.8 Å². The van der Waals surface area contributed by atoms with Crippen LogP contribution in [0.3, 0.4) is 0 Å². The molecule has 3 nitrogen and oxygen atoms in total. The van der Waals surface area contributed by atoms with Gasteiger partial charge >= 0.3 is 0 Å². The molecular formula is C23H32O3. The highest BCUT2D eigenvalue weighted by molar-refractivity contribution is 5.49. The molecule has 0 saturated heterocycles. The molecule has 0 amide bonds. The zero-order valence-corrected chi connectivity index (χ0v) is 17.1. The Kier molecular flexibility index (Phi) is 6.15. The largest absolute Gasteiger partial charge is 0.507 e. The molecule has 0 aliphatic heterocycles. The summed E-state index contributed by atoms with van der Waals surface area (Å²) >= 11 is 0. The molecule has 26 heavy (non-hydrogen) atoms. The second-order valence-corrected chi connectivity index (χ2v) is 9.05. The van der Waals surface area contributed by atoms with Crippen LogP contribution in [0.15, 0.2) is 36.4 Å². The molecular weight excluding hydrogens is 324 g/mol. The molecule has 0 heterocycles. The Morgan fingerprint density at radius 3 is 1.58 bits per heavy atom. The van der Waals surface area contributed by atoms with E-state index in [1.165, 1.54) is 5.56 Å². The van der Waals surface area contributed by atoms with Crippen LogP contribution in [0.4, 0.5) is 0 Å². The first-order valence-corrected chi connectivity index (χ1v) is 9.15. The molecule has 142 valence electrons. The number of aryl methyl sites for hydroxylation is 1. The van der Waals surface area contributed by atoms with Crippen molar-refractivity contribution < 1.29 is 14.9 Å². The molecule has 0 radical (unpaired) electrons. The smallest absolute Gasteiger partial charge is 0.123 e. The van der Waals surface area contributed by atoms with Gasteiger partial charge < -0.3 is 5.11 Å². The average Bonchev–Trinajstić information content (AvgIpc) is 2.52. The van der Waals surface area contributed by atoms with E-state index in [1.807, 2.05) is 24.3 Å². The third-order valence-electron chi connectivity index (χ3n) is 4.44. The van der Waals surface area contributed by atoms with Crippen LogP contribution in [-0.2, 0) is 33.8 Å². The molecule has 0 aliphatic carbocycles. The van der Waals surface area contributed by atoms with Gasteiger partial charge in [0.25, 0.3) is 0 Å². The van der Waals surface area contributed by atoms with Crippen molar-refractivity contribution >= 4 is 0 Å². The van der Waals surface area contributed by atoms with Gasteiger partial charge in [-0.1, -0.05) is 71.4 Å². The second-order valence-electron chi connectivity index (χ2n) is 9.05. The summed E-state index contributed by atoms with van der Waals surface area (Å²) in [4.78, 5) is 10.8. The van der Waals surface area contributed by atoms with Crippen LogP contribution >= 0.6 is 0 Å². The van der Waals surface area contributed by atoms with Gasteiger partial charge in [0.05, 0.1) is 0 Å². The first-order valence-electron chi connectivity index (χ1n) is 9.15. The first kappa shape index (κ1) is 20.5. The van der Waals surface area contributed by atoms with Gasteiger partial charge in [0.2, 0.25) is 0 Å². The van der Waals surface area contributed by atoms with E-state index < -0.39 is 0 Å². The van der Waals surface area contributed by atoms with Crippen LogP contribution in [0.25, 0.3) is 0 Å². The minimum absolute atomic E-state index is 0.150. The topological polar surface area (TPSA) is 38.7 Å². The summed E-state index contributed by atoms with van der Waals surface area (Å²) in [5.74, 6) is 0.384. The summed E-state index contributed by atoms with van der Waals surface area (Å²) in [6.45, 7) is 15.4. The summed E-state index contributed by atoms with van der Waals surface area (Å²) in [5, 5.41) is 10.8. The lowest BCUT2D eigenvalue weighted by atomic mass is 9.78. The molecule has 2 aromatic rings. The van der Waals surface area contributed by atoms with Gasteiger partial charge in [0, 0.05) is 0 Å². The highest BCUT2D eigenvalue weighted by atomic mass is 17.2. The highest BCUT2D eigenvalue weighted by Gasteiger charge is 2.26. The Balaban J connectivity index is 2.12. The van der Waals surface area contributed by atoms with E-state index in [1.54, 1.807) is 0 Å². The fraction of sp³-hybridized carbons (Fsp3) is 0.478. The van der Waals surface area contributed by atoms with Gasteiger partial charge in [0.1, 0.15) is 19.0 Å². The Labute approximate surface area is 157 Å². The van der Waals surface area contributed by atoms with E-state index in [2.05, 4.69) is 60.6 Å². The van der Waals surface area contributed by atoms with Crippen molar-refractivity contribution in [1.29, 1.82) is 0 Å². The van der Waals surface area contributed by atoms with Crippen molar-refractivity contribution in [2.45, 2.75) is 72.5 Å². The fourth-order valence-electron chi connectivity index (χ4n) is 2.82. The first-order chi connectivity index (χ1) is 12.0. The van der Waals surface area contributed by atoms with Gasteiger partial charge in [-0.15, -0.1) is 0 Å². The molecule has 3 heteroatoms. The van der Waals surface area contributed by atoms with Crippen molar-refractivity contribution in [3.05, 3.63) is 64.2 Å². The number of phenols is 1. The third kappa shape index (κ3) is 5.33. The van der Waals surface area contributed by atoms with Crippen LogP contribution < -0.4 is 0 Å². The summed E-state index contributed by atoms with van der Waals surface area (Å²) in [7, 11) is 0. The van der Waals surface area contributed by atoms with Crippen molar-refractivity contribution in [2.24, 2.45) is 0 Å². The molecule has 2 aromatic carbocycles. The van der Waals surface area contributed by atoms with Crippen LogP contribution in [0, 0.1) is 6.92 Å². The molecule has 0 atom stereocenters. The summed E-state index contributed by atoms with van der Waals surface area (Å²) < 4.78 is 0. The Hall–Kier alpha value is -1.84. The highest BCUT2D eigenvalue weighted by Crippen LogP contribution is 2.39. The number of hydrogen-bond donors (Lipinski definition) is 1. The maximum atomic E-state index is 10.8. The van der Waals surface area contributed by atoms with E-state index in [4.69, 9.17) is 9.78 Å². The number of rotatable bonds is 5. The maximum Gasteiger partial charge on any atom is 0.123 e. The SMILES string of the molecule is Cc1ccc(COOCc2cc(C(C)(C)C)c(O)c(C(C)(C)C)c2)cc1. The lowest BCUT2D eigenvalue weighted by Gasteiger charge is -2.28. The van der Waals surface area contributed by atoms with Crippen molar-refractivity contribution in [3.63, 3.8) is 0 Å². The summed E-state index contributed by atoms with van der Waals surface area (Å²) in [5.41, 5.74) is 4.87. The Morgan fingerprint density at radius 2 is 1.15 bits per heavy atom. The predicted molar refractivity (Wildman–Crippen MR) is 106 cm³/mol. The number of benzene rings is 2. The molecule has 0 spiro atoms. The zero-order valence-electron chi connectivity index (χ0n) is 17.1. The number of aromatic hydroxyl groups is 1. The van der Waals surface area contributed by atoms with E-state index in [0.29, 0.717) is 19.0 Å². The minimum atomic E-state index is -0.150. The molecule has 0 aromatic heterocycles. The lowest BCUT2D eigenvalue weighted by Crippen LogP contribution is -2.18. The number of hydrogen-bond acceptors (Lipinski definition) is 3. The van der Waals surface area contributed by atoms with E-state index >= 15 is 0 Å². The van der Waals surface area contributed by atoms with Crippen LogP contribution in [0.5, 0.6) is 5.75 Å². The maximum absolute atomic E-state index is 10.8. The van der Waals surface area contributed by atoms with Gasteiger partial charge in [-0.05, 0) is 52.1 Å². The van der Waals surface area contributed by atoms with Gasteiger partial charge in [-0.3, -0.25) is 0 Å². The molecule has 0 unspecified atom stereocenters. The summed E-state index contributed by atoms with van der Waals surface area (Å²) in [6, 6.07) is 12.2.